The summed E-state index contributed by atoms with van der Waals surface area (Å²) in [5.74, 6) is 0.171. The first-order chi connectivity index (χ1) is 13.7. The zero-order valence-electron chi connectivity index (χ0n) is 15.7. The maximum Gasteiger partial charge on any atom is 0.227 e. The van der Waals surface area contributed by atoms with Crippen LogP contribution < -0.4 is 10.6 Å². The number of nitrogens with one attached hydrogen (secondary N) is 2. The number of rotatable bonds is 6. The quantitative estimate of drug-likeness (QED) is 0.666. The van der Waals surface area contributed by atoms with Crippen molar-refractivity contribution in [3.8, 4) is 0 Å². The molecule has 0 saturated heterocycles. The van der Waals surface area contributed by atoms with Crippen molar-refractivity contribution in [3.63, 3.8) is 0 Å². The summed E-state index contributed by atoms with van der Waals surface area (Å²) in [4.78, 5) is 30.0. The van der Waals surface area contributed by atoms with Crippen LogP contribution in [0.25, 0.3) is 4.96 Å². The fourth-order valence-corrected chi connectivity index (χ4v) is 4.38. The predicted molar refractivity (Wildman–Crippen MR) is 110 cm³/mol. The third kappa shape index (κ3) is 4.59. The van der Waals surface area contributed by atoms with Crippen LogP contribution in [0, 0.1) is 5.92 Å². The molecule has 2 amide bonds. The molecular formula is C21H24N4O2S. The highest BCUT2D eigenvalue weighted by atomic mass is 32.1. The number of amides is 2. The number of carbonyl (C=O) groups excluding carboxylic acids is 2. The summed E-state index contributed by atoms with van der Waals surface area (Å²) in [7, 11) is 0. The molecule has 1 aliphatic rings. The number of anilines is 1. The fraction of sp³-hybridized carbons (Fsp3) is 0.381. The summed E-state index contributed by atoms with van der Waals surface area (Å²) in [6.07, 6.45) is 9.54. The van der Waals surface area contributed by atoms with Gasteiger partial charge >= 0.3 is 0 Å². The van der Waals surface area contributed by atoms with E-state index in [-0.39, 0.29) is 24.2 Å². The Labute approximate surface area is 168 Å². The van der Waals surface area contributed by atoms with Gasteiger partial charge in [-0.3, -0.25) is 14.0 Å². The first-order valence-electron chi connectivity index (χ1n) is 9.75. The molecule has 0 radical (unpaired) electrons. The van der Waals surface area contributed by atoms with Crippen molar-refractivity contribution in [1.82, 2.24) is 14.7 Å². The zero-order chi connectivity index (χ0) is 19.3. The average molecular weight is 397 g/mol. The molecule has 3 aromatic rings. The Kier molecular flexibility index (Phi) is 5.71. The molecular weight excluding hydrogens is 372 g/mol. The highest BCUT2D eigenvalue weighted by Gasteiger charge is 2.21. The second kappa shape index (κ2) is 8.56. The van der Waals surface area contributed by atoms with Gasteiger partial charge in [0.1, 0.15) is 0 Å². The minimum atomic E-state index is -0.0672. The van der Waals surface area contributed by atoms with E-state index in [2.05, 4.69) is 15.6 Å². The van der Waals surface area contributed by atoms with Gasteiger partial charge in [0.15, 0.2) is 4.96 Å². The number of hydrogen-bond acceptors (Lipinski definition) is 4. The summed E-state index contributed by atoms with van der Waals surface area (Å²) in [6.45, 7) is 0.425. The molecule has 0 atom stereocenters. The van der Waals surface area contributed by atoms with E-state index < -0.39 is 0 Å². The average Bonchev–Trinajstić information content (AvgIpc) is 3.29. The van der Waals surface area contributed by atoms with E-state index in [0.29, 0.717) is 6.54 Å². The number of carbonyl (C=O) groups is 2. The molecule has 2 aromatic heterocycles. The van der Waals surface area contributed by atoms with E-state index in [1.54, 1.807) is 11.3 Å². The number of nitrogens with zero attached hydrogens (tertiary/aromatic N) is 2. The van der Waals surface area contributed by atoms with Gasteiger partial charge in [0.25, 0.3) is 0 Å². The number of aromatic nitrogens is 2. The summed E-state index contributed by atoms with van der Waals surface area (Å²) in [5.41, 5.74) is 2.51. The molecule has 0 spiro atoms. The van der Waals surface area contributed by atoms with Gasteiger partial charge in [-0.2, -0.15) is 0 Å². The topological polar surface area (TPSA) is 75.5 Å². The lowest BCUT2D eigenvalue weighted by Gasteiger charge is -2.20. The summed E-state index contributed by atoms with van der Waals surface area (Å²) >= 11 is 1.55. The van der Waals surface area contributed by atoms with E-state index >= 15 is 0 Å². The minimum absolute atomic E-state index is 0.0672. The van der Waals surface area contributed by atoms with Crippen LogP contribution in [0.15, 0.2) is 42.0 Å². The molecule has 1 fully saturated rings. The van der Waals surface area contributed by atoms with Gasteiger partial charge in [0, 0.05) is 35.9 Å². The first-order valence-corrected chi connectivity index (χ1v) is 10.6. The lowest BCUT2D eigenvalue weighted by molar-refractivity contribution is -0.121. The third-order valence-corrected chi connectivity index (χ3v) is 5.92. The largest absolute Gasteiger partial charge is 0.352 e. The molecule has 7 heteroatoms. The third-order valence-electron chi connectivity index (χ3n) is 5.14. The van der Waals surface area contributed by atoms with Crippen molar-refractivity contribution in [2.45, 2.75) is 45.1 Å². The van der Waals surface area contributed by atoms with Crippen LogP contribution in [0.3, 0.4) is 0 Å². The number of thiazole rings is 1. The normalized spacial score (nSPS) is 14.9. The molecule has 2 N–H and O–H groups in total. The van der Waals surface area contributed by atoms with E-state index in [9.17, 15) is 9.59 Å². The van der Waals surface area contributed by atoms with Gasteiger partial charge in [-0.1, -0.05) is 31.4 Å². The van der Waals surface area contributed by atoms with Gasteiger partial charge in [-0.25, -0.2) is 4.98 Å². The van der Waals surface area contributed by atoms with E-state index in [4.69, 9.17) is 0 Å². The molecule has 1 aliphatic carbocycles. The highest BCUT2D eigenvalue weighted by molar-refractivity contribution is 7.15. The van der Waals surface area contributed by atoms with Crippen LogP contribution in [0.2, 0.25) is 0 Å². The van der Waals surface area contributed by atoms with Crippen molar-refractivity contribution >= 4 is 33.8 Å². The fourth-order valence-electron chi connectivity index (χ4n) is 3.66. The molecule has 4 rings (SSSR count). The van der Waals surface area contributed by atoms with Gasteiger partial charge in [-0.05, 0) is 30.5 Å². The highest BCUT2D eigenvalue weighted by Crippen LogP contribution is 2.25. The standard InChI is InChI=1S/C21H24N4O2S/c26-19(12-18-14-25-9-10-28-21(25)24-18)22-13-15-5-4-8-17(11-15)23-20(27)16-6-2-1-3-7-16/h4-5,8-11,14,16H,1-3,6-7,12-13H2,(H,22,26)(H,23,27). The molecule has 2 heterocycles. The lowest BCUT2D eigenvalue weighted by atomic mass is 9.88. The van der Waals surface area contributed by atoms with Gasteiger partial charge < -0.3 is 10.6 Å². The molecule has 1 aromatic carbocycles. The van der Waals surface area contributed by atoms with Gasteiger partial charge in [0.05, 0.1) is 12.1 Å². The zero-order valence-corrected chi connectivity index (χ0v) is 16.5. The minimum Gasteiger partial charge on any atom is -0.352 e. The Balaban J connectivity index is 1.29. The SMILES string of the molecule is O=C(Cc1cn2ccsc2n1)NCc1cccc(NC(=O)C2CCCCC2)c1. The summed E-state index contributed by atoms with van der Waals surface area (Å²) in [5, 5.41) is 7.92. The van der Waals surface area contributed by atoms with Gasteiger partial charge in [0.2, 0.25) is 11.8 Å². The number of fused-ring (bicyclic) bond motifs is 1. The summed E-state index contributed by atoms with van der Waals surface area (Å²) in [6, 6.07) is 7.67. The number of benzene rings is 1. The maximum absolute atomic E-state index is 12.4. The maximum atomic E-state index is 12.4. The molecule has 0 aliphatic heterocycles. The van der Waals surface area contributed by atoms with E-state index in [1.807, 2.05) is 46.4 Å². The molecule has 1 saturated carbocycles. The molecule has 6 nitrogen and oxygen atoms in total. The van der Waals surface area contributed by atoms with Crippen molar-refractivity contribution in [2.75, 3.05) is 5.32 Å². The molecule has 0 unspecified atom stereocenters. The Morgan fingerprint density at radius 3 is 2.89 bits per heavy atom. The molecule has 0 bridgehead atoms. The van der Waals surface area contributed by atoms with Crippen LogP contribution in [0.1, 0.15) is 43.4 Å². The van der Waals surface area contributed by atoms with Crippen LogP contribution in [-0.4, -0.2) is 21.2 Å². The van der Waals surface area contributed by atoms with Gasteiger partial charge in [-0.15, -0.1) is 11.3 Å². The smallest absolute Gasteiger partial charge is 0.227 e. The predicted octanol–water partition coefficient (Wildman–Crippen LogP) is 3.77. The second-order valence-corrected chi connectivity index (χ2v) is 8.18. The Bertz CT molecular complexity index is 943. The van der Waals surface area contributed by atoms with E-state index in [0.717, 1.165) is 47.6 Å². The van der Waals surface area contributed by atoms with Crippen molar-refractivity contribution < 1.29 is 9.59 Å². The number of imidazole rings is 1. The first kappa shape index (κ1) is 18.7. The lowest BCUT2D eigenvalue weighted by Crippen LogP contribution is -2.25. The van der Waals surface area contributed by atoms with Crippen LogP contribution in [0.4, 0.5) is 5.69 Å². The second-order valence-electron chi connectivity index (χ2n) is 7.30. The monoisotopic (exact) mass is 396 g/mol. The van der Waals surface area contributed by atoms with E-state index in [1.165, 1.54) is 6.42 Å². The molecule has 28 heavy (non-hydrogen) atoms. The van der Waals surface area contributed by atoms with Crippen LogP contribution in [0.5, 0.6) is 0 Å². The summed E-state index contributed by atoms with van der Waals surface area (Å²) < 4.78 is 1.92. The molecule has 146 valence electrons. The number of hydrogen-bond donors (Lipinski definition) is 2. The Hall–Kier alpha value is -2.67. The van der Waals surface area contributed by atoms with Crippen molar-refractivity contribution in [2.24, 2.45) is 5.92 Å². The Morgan fingerprint density at radius 1 is 1.21 bits per heavy atom. The van der Waals surface area contributed by atoms with Crippen molar-refractivity contribution in [3.05, 3.63) is 53.3 Å². The van der Waals surface area contributed by atoms with Crippen molar-refractivity contribution in [1.29, 1.82) is 0 Å². The van der Waals surface area contributed by atoms with Crippen LogP contribution in [-0.2, 0) is 22.6 Å². The Morgan fingerprint density at radius 2 is 2.07 bits per heavy atom. The van der Waals surface area contributed by atoms with Crippen LogP contribution >= 0.6 is 11.3 Å².